The Kier molecular flexibility index (Phi) is 8.98. The molecule has 2 fully saturated rings. The molecular formula is C34H30N4O7. The van der Waals surface area contributed by atoms with Gasteiger partial charge >= 0.3 is 5.97 Å². The van der Waals surface area contributed by atoms with Crippen LogP contribution < -0.4 is 5.32 Å². The van der Waals surface area contributed by atoms with E-state index in [9.17, 15) is 9.59 Å². The highest BCUT2D eigenvalue weighted by Gasteiger charge is 2.33. The molecule has 11 nitrogen and oxygen atoms in total. The average molecular weight is 607 g/mol. The van der Waals surface area contributed by atoms with Crippen LogP contribution in [0.5, 0.6) is 0 Å². The highest BCUT2D eigenvalue weighted by molar-refractivity contribution is 5.93. The quantitative estimate of drug-likeness (QED) is 0.225. The van der Waals surface area contributed by atoms with Crippen LogP contribution in [0.1, 0.15) is 43.9 Å². The Morgan fingerprint density at radius 1 is 0.667 bits per heavy atom. The van der Waals surface area contributed by atoms with E-state index in [2.05, 4.69) is 58.1 Å². The number of hydrogen-bond acceptors (Lipinski definition) is 9. The minimum absolute atomic E-state index is 0.103. The number of carbonyl (C=O) groups is 2. The predicted octanol–water partition coefficient (Wildman–Crippen LogP) is 6.18. The van der Waals surface area contributed by atoms with Crippen LogP contribution in [0.15, 0.2) is 127 Å². The van der Waals surface area contributed by atoms with Crippen LogP contribution in [0.25, 0.3) is 23.0 Å². The Labute approximate surface area is 258 Å². The summed E-state index contributed by atoms with van der Waals surface area (Å²) in [7, 11) is 0. The van der Waals surface area contributed by atoms with Gasteiger partial charge in [0, 0.05) is 50.1 Å². The molecular weight excluding hydrogens is 576 g/mol. The standard InChI is InChI=1S/C17H14N2O3.C9H11N.C8H5NO4/c20-17(14-9-16(22-18-14)15-7-4-8-21-15)19-10-13(11-19)12-5-2-1-3-6-12;1-2-4-8(5-3-1)9-6-10-7-9;10-8(11)5-4-7(13-9-5)6-2-1-3-12-6/h1-9,13H,10-11H2;1-5,9-10H,6-7H2;1-4H,(H,10,11). The van der Waals surface area contributed by atoms with E-state index in [1.807, 2.05) is 18.2 Å². The van der Waals surface area contributed by atoms with Gasteiger partial charge < -0.3 is 33.2 Å². The molecule has 6 heterocycles. The summed E-state index contributed by atoms with van der Waals surface area (Å²) >= 11 is 0. The fourth-order valence-electron chi connectivity index (χ4n) is 4.81. The second kappa shape index (κ2) is 13.7. The maximum Gasteiger partial charge on any atom is 0.358 e. The Hall–Kier alpha value is -5.68. The van der Waals surface area contributed by atoms with Gasteiger partial charge in [-0.15, -0.1) is 0 Å². The Morgan fingerprint density at radius 3 is 1.62 bits per heavy atom. The first-order valence-electron chi connectivity index (χ1n) is 14.4. The minimum atomic E-state index is -1.12. The van der Waals surface area contributed by atoms with Crippen molar-refractivity contribution >= 4 is 11.9 Å². The van der Waals surface area contributed by atoms with E-state index in [0.29, 0.717) is 47.7 Å². The number of nitrogens with one attached hydrogen (secondary N) is 1. The molecule has 6 aromatic rings. The number of likely N-dealkylation sites (tertiary alicyclic amines) is 1. The molecule has 0 bridgehead atoms. The van der Waals surface area contributed by atoms with Crippen molar-refractivity contribution < 1.29 is 32.6 Å². The summed E-state index contributed by atoms with van der Waals surface area (Å²) in [5.41, 5.74) is 2.92. The molecule has 1 amide bonds. The topological polar surface area (TPSA) is 148 Å². The fraction of sp³-hybridized carbons (Fsp3) is 0.176. The third-order valence-electron chi connectivity index (χ3n) is 7.48. The number of aromatic nitrogens is 2. The second-order valence-electron chi connectivity index (χ2n) is 10.5. The van der Waals surface area contributed by atoms with Crippen LogP contribution in [0.2, 0.25) is 0 Å². The van der Waals surface area contributed by atoms with Crippen molar-refractivity contribution in [1.82, 2.24) is 20.5 Å². The average Bonchev–Trinajstić information content (AvgIpc) is 3.84. The highest BCUT2D eigenvalue weighted by Crippen LogP contribution is 2.29. The lowest BCUT2D eigenvalue weighted by atomic mass is 9.91. The van der Waals surface area contributed by atoms with Crippen molar-refractivity contribution in [1.29, 1.82) is 0 Å². The van der Waals surface area contributed by atoms with Crippen molar-refractivity contribution in [3.05, 3.63) is 132 Å². The summed E-state index contributed by atoms with van der Waals surface area (Å²) < 4.78 is 20.1. The van der Waals surface area contributed by atoms with E-state index in [1.165, 1.54) is 23.5 Å². The molecule has 2 N–H and O–H groups in total. The molecule has 2 aliphatic heterocycles. The lowest BCUT2D eigenvalue weighted by Gasteiger charge is -2.39. The largest absolute Gasteiger partial charge is 0.476 e. The molecule has 45 heavy (non-hydrogen) atoms. The Bertz CT molecular complexity index is 1790. The van der Waals surface area contributed by atoms with Gasteiger partial charge in [0.2, 0.25) is 11.5 Å². The third kappa shape index (κ3) is 7.11. The van der Waals surface area contributed by atoms with Gasteiger partial charge in [-0.1, -0.05) is 71.0 Å². The van der Waals surface area contributed by atoms with E-state index in [1.54, 1.807) is 41.5 Å². The number of carboxylic acid groups (broad SMARTS) is 1. The molecule has 0 spiro atoms. The zero-order valence-corrected chi connectivity index (χ0v) is 24.1. The van der Waals surface area contributed by atoms with Gasteiger partial charge in [0.1, 0.15) is 0 Å². The number of furan rings is 2. The third-order valence-corrected chi connectivity index (χ3v) is 7.48. The molecule has 4 aromatic heterocycles. The van der Waals surface area contributed by atoms with Gasteiger partial charge in [-0.05, 0) is 35.4 Å². The molecule has 8 rings (SSSR count). The first-order valence-corrected chi connectivity index (χ1v) is 14.4. The van der Waals surface area contributed by atoms with Crippen LogP contribution >= 0.6 is 0 Å². The number of nitrogens with zero attached hydrogens (tertiary/aromatic N) is 3. The molecule has 0 unspecified atom stereocenters. The van der Waals surface area contributed by atoms with Crippen molar-refractivity contribution in [3.8, 4) is 23.0 Å². The predicted molar refractivity (Wildman–Crippen MR) is 163 cm³/mol. The molecule has 0 radical (unpaired) electrons. The van der Waals surface area contributed by atoms with E-state index in [4.69, 9.17) is 23.0 Å². The summed E-state index contributed by atoms with van der Waals surface area (Å²) in [4.78, 5) is 24.6. The van der Waals surface area contributed by atoms with Crippen LogP contribution in [0, 0.1) is 0 Å². The summed E-state index contributed by atoms with van der Waals surface area (Å²) in [6.45, 7) is 3.74. The maximum absolute atomic E-state index is 12.4. The van der Waals surface area contributed by atoms with Gasteiger partial charge in [-0.2, -0.15) is 0 Å². The SMILES string of the molecule is O=C(O)c1cc(-c2ccco2)on1.O=C(c1cc(-c2ccco2)on1)N1CC(c2ccccc2)C1.c1ccc(C2CNC2)cc1. The number of benzene rings is 2. The lowest BCUT2D eigenvalue weighted by Crippen LogP contribution is -2.48. The number of rotatable bonds is 6. The van der Waals surface area contributed by atoms with Crippen LogP contribution in [-0.2, 0) is 0 Å². The lowest BCUT2D eigenvalue weighted by molar-refractivity contribution is 0.0591. The maximum atomic E-state index is 12.4. The summed E-state index contributed by atoms with van der Waals surface area (Å²) in [5, 5.41) is 19.0. The molecule has 2 saturated heterocycles. The van der Waals surface area contributed by atoms with Gasteiger partial charge in [0.15, 0.2) is 22.9 Å². The molecule has 0 atom stereocenters. The van der Waals surface area contributed by atoms with Gasteiger partial charge in [0.25, 0.3) is 5.91 Å². The number of amides is 1. The Balaban J connectivity index is 0.000000131. The van der Waals surface area contributed by atoms with Gasteiger partial charge in [-0.3, -0.25) is 4.79 Å². The van der Waals surface area contributed by atoms with E-state index in [-0.39, 0.29) is 11.6 Å². The molecule has 11 heteroatoms. The van der Waals surface area contributed by atoms with Crippen LogP contribution in [0.3, 0.4) is 0 Å². The van der Waals surface area contributed by atoms with Crippen LogP contribution in [0.4, 0.5) is 0 Å². The van der Waals surface area contributed by atoms with Crippen molar-refractivity contribution in [2.45, 2.75) is 11.8 Å². The van der Waals surface area contributed by atoms with E-state index in [0.717, 1.165) is 19.0 Å². The number of carboxylic acids is 1. The van der Waals surface area contributed by atoms with E-state index < -0.39 is 5.97 Å². The van der Waals surface area contributed by atoms with Crippen molar-refractivity contribution in [2.24, 2.45) is 0 Å². The molecule has 0 saturated carbocycles. The van der Waals surface area contributed by atoms with Crippen molar-refractivity contribution in [3.63, 3.8) is 0 Å². The van der Waals surface area contributed by atoms with E-state index >= 15 is 0 Å². The molecule has 228 valence electrons. The van der Waals surface area contributed by atoms with Gasteiger partial charge in [-0.25, -0.2) is 4.79 Å². The monoisotopic (exact) mass is 606 g/mol. The molecule has 0 aliphatic carbocycles. The van der Waals surface area contributed by atoms with Gasteiger partial charge in [0.05, 0.1) is 12.5 Å². The first-order chi connectivity index (χ1) is 22.0. The smallest absolute Gasteiger partial charge is 0.358 e. The highest BCUT2D eigenvalue weighted by atomic mass is 16.5. The summed E-state index contributed by atoms with van der Waals surface area (Å²) in [6, 6.07) is 30.7. The zero-order valence-electron chi connectivity index (χ0n) is 24.1. The number of hydrogen-bond donors (Lipinski definition) is 2. The summed E-state index contributed by atoms with van der Waals surface area (Å²) in [5.74, 6) is 1.76. The minimum Gasteiger partial charge on any atom is -0.476 e. The molecule has 2 aliphatic rings. The second-order valence-corrected chi connectivity index (χ2v) is 10.5. The van der Waals surface area contributed by atoms with Crippen LogP contribution in [-0.4, -0.2) is 58.4 Å². The Morgan fingerprint density at radius 2 is 1.18 bits per heavy atom. The van der Waals surface area contributed by atoms with Crippen molar-refractivity contribution in [2.75, 3.05) is 26.2 Å². The first kappa shape index (κ1) is 29.4. The molecule has 2 aromatic carbocycles. The fourth-order valence-corrected chi connectivity index (χ4v) is 4.81. The number of carbonyl (C=O) groups excluding carboxylic acids is 1. The zero-order chi connectivity index (χ0) is 31.0. The normalized spacial score (nSPS) is 14.3. The summed E-state index contributed by atoms with van der Waals surface area (Å²) in [6.07, 6.45) is 3.03. The number of aromatic carboxylic acids is 1.